The lowest BCUT2D eigenvalue weighted by molar-refractivity contribution is -0.119. The summed E-state index contributed by atoms with van der Waals surface area (Å²) in [5.41, 5.74) is 0.311. The van der Waals surface area contributed by atoms with E-state index in [0.29, 0.717) is 5.41 Å². The third-order valence-corrected chi connectivity index (χ3v) is 1.87. The standard InChI is InChI=1S/C7H14N2O/c1-6(10)9-5-7(2)3-8-4-7/h8H,3-5H2,1-2H3,(H,9,10). The molecule has 0 saturated carbocycles. The Morgan fingerprint density at radius 2 is 2.30 bits per heavy atom. The first kappa shape index (κ1) is 7.54. The number of nitrogens with one attached hydrogen (secondary N) is 2. The van der Waals surface area contributed by atoms with Crippen molar-refractivity contribution >= 4 is 5.91 Å². The smallest absolute Gasteiger partial charge is 0.216 e. The Morgan fingerprint density at radius 1 is 1.70 bits per heavy atom. The van der Waals surface area contributed by atoms with Crippen LogP contribution in [0.3, 0.4) is 0 Å². The number of carbonyl (C=O) groups is 1. The summed E-state index contributed by atoms with van der Waals surface area (Å²) in [5.74, 6) is 0.0631. The van der Waals surface area contributed by atoms with Crippen molar-refractivity contribution < 1.29 is 4.79 Å². The third kappa shape index (κ3) is 1.70. The molecule has 1 amide bonds. The van der Waals surface area contributed by atoms with E-state index in [1.165, 1.54) is 0 Å². The molecule has 3 heteroatoms. The van der Waals surface area contributed by atoms with E-state index in [9.17, 15) is 4.79 Å². The fourth-order valence-electron chi connectivity index (χ4n) is 1.01. The zero-order valence-electron chi connectivity index (χ0n) is 6.53. The van der Waals surface area contributed by atoms with Gasteiger partial charge in [-0.3, -0.25) is 4.79 Å². The van der Waals surface area contributed by atoms with Crippen LogP contribution in [-0.4, -0.2) is 25.5 Å². The normalized spacial score (nSPS) is 21.4. The van der Waals surface area contributed by atoms with E-state index in [0.717, 1.165) is 19.6 Å². The van der Waals surface area contributed by atoms with Crippen LogP contribution in [0.15, 0.2) is 0 Å². The summed E-state index contributed by atoms with van der Waals surface area (Å²) >= 11 is 0. The molecule has 1 saturated heterocycles. The fourth-order valence-corrected chi connectivity index (χ4v) is 1.01. The first-order valence-electron chi connectivity index (χ1n) is 3.58. The maximum atomic E-state index is 10.5. The van der Waals surface area contributed by atoms with Gasteiger partial charge >= 0.3 is 0 Å². The van der Waals surface area contributed by atoms with Gasteiger partial charge in [-0.1, -0.05) is 6.92 Å². The molecule has 1 fully saturated rings. The third-order valence-electron chi connectivity index (χ3n) is 1.87. The molecule has 2 N–H and O–H groups in total. The van der Waals surface area contributed by atoms with Gasteiger partial charge in [-0.05, 0) is 0 Å². The molecule has 0 aromatic heterocycles. The summed E-state index contributed by atoms with van der Waals surface area (Å²) in [4.78, 5) is 10.5. The van der Waals surface area contributed by atoms with Crippen molar-refractivity contribution in [3.8, 4) is 0 Å². The highest BCUT2D eigenvalue weighted by atomic mass is 16.1. The number of carbonyl (C=O) groups excluding carboxylic acids is 1. The lowest BCUT2D eigenvalue weighted by atomic mass is 9.84. The molecule has 58 valence electrons. The summed E-state index contributed by atoms with van der Waals surface area (Å²) in [7, 11) is 0. The molecule has 1 heterocycles. The van der Waals surface area contributed by atoms with Gasteiger partial charge in [0.2, 0.25) is 5.91 Å². The molecule has 0 unspecified atom stereocenters. The van der Waals surface area contributed by atoms with Gasteiger partial charge in [0.1, 0.15) is 0 Å². The van der Waals surface area contributed by atoms with E-state index in [4.69, 9.17) is 0 Å². The number of hydrogen-bond acceptors (Lipinski definition) is 2. The van der Waals surface area contributed by atoms with Gasteiger partial charge in [0, 0.05) is 32.0 Å². The second-order valence-electron chi connectivity index (χ2n) is 3.32. The SMILES string of the molecule is CC(=O)NCC1(C)CNC1. The van der Waals surface area contributed by atoms with Crippen LogP contribution in [0.5, 0.6) is 0 Å². The van der Waals surface area contributed by atoms with Crippen molar-refractivity contribution in [3.63, 3.8) is 0 Å². The monoisotopic (exact) mass is 142 g/mol. The zero-order chi connectivity index (χ0) is 7.61. The Labute approximate surface area is 61.2 Å². The highest BCUT2D eigenvalue weighted by molar-refractivity contribution is 5.72. The van der Waals surface area contributed by atoms with Crippen molar-refractivity contribution in [2.75, 3.05) is 19.6 Å². The van der Waals surface area contributed by atoms with Crippen LogP contribution in [0.2, 0.25) is 0 Å². The van der Waals surface area contributed by atoms with Gasteiger partial charge < -0.3 is 10.6 Å². The number of hydrogen-bond donors (Lipinski definition) is 2. The van der Waals surface area contributed by atoms with Crippen LogP contribution in [0.4, 0.5) is 0 Å². The highest BCUT2D eigenvalue weighted by Crippen LogP contribution is 2.19. The lowest BCUT2D eigenvalue weighted by Gasteiger charge is -2.39. The van der Waals surface area contributed by atoms with Gasteiger partial charge in [-0.25, -0.2) is 0 Å². The molecule has 1 aliphatic heterocycles. The zero-order valence-corrected chi connectivity index (χ0v) is 6.53. The van der Waals surface area contributed by atoms with Gasteiger partial charge in [0.25, 0.3) is 0 Å². The second kappa shape index (κ2) is 2.58. The molecule has 1 rings (SSSR count). The highest BCUT2D eigenvalue weighted by Gasteiger charge is 2.31. The van der Waals surface area contributed by atoms with E-state index < -0.39 is 0 Å². The average Bonchev–Trinajstić information content (AvgIpc) is 1.79. The van der Waals surface area contributed by atoms with Crippen molar-refractivity contribution in [1.82, 2.24) is 10.6 Å². The van der Waals surface area contributed by atoms with Crippen molar-refractivity contribution in [2.24, 2.45) is 5.41 Å². The van der Waals surface area contributed by atoms with Gasteiger partial charge in [-0.15, -0.1) is 0 Å². The molecule has 0 radical (unpaired) electrons. The minimum Gasteiger partial charge on any atom is -0.356 e. The van der Waals surface area contributed by atoms with Crippen LogP contribution in [0.1, 0.15) is 13.8 Å². The molecule has 10 heavy (non-hydrogen) atoms. The van der Waals surface area contributed by atoms with Gasteiger partial charge in [-0.2, -0.15) is 0 Å². The second-order valence-corrected chi connectivity index (χ2v) is 3.32. The summed E-state index contributed by atoms with van der Waals surface area (Å²) in [6, 6.07) is 0. The quantitative estimate of drug-likeness (QED) is 0.557. The molecule has 0 bridgehead atoms. The summed E-state index contributed by atoms with van der Waals surface area (Å²) in [6.07, 6.45) is 0. The van der Waals surface area contributed by atoms with Crippen molar-refractivity contribution in [2.45, 2.75) is 13.8 Å². The molecular weight excluding hydrogens is 128 g/mol. The average molecular weight is 142 g/mol. The predicted molar refractivity (Wildman–Crippen MR) is 39.7 cm³/mol. The first-order valence-corrected chi connectivity index (χ1v) is 3.58. The minimum atomic E-state index is 0.0631. The largest absolute Gasteiger partial charge is 0.356 e. The van der Waals surface area contributed by atoms with Crippen molar-refractivity contribution in [3.05, 3.63) is 0 Å². The molecule has 0 aromatic carbocycles. The lowest BCUT2D eigenvalue weighted by Crippen LogP contribution is -2.56. The van der Waals surface area contributed by atoms with Crippen LogP contribution < -0.4 is 10.6 Å². The molecule has 0 aromatic rings. The van der Waals surface area contributed by atoms with Crippen LogP contribution in [-0.2, 0) is 4.79 Å². The van der Waals surface area contributed by atoms with E-state index >= 15 is 0 Å². The Morgan fingerprint density at radius 3 is 2.60 bits per heavy atom. The summed E-state index contributed by atoms with van der Waals surface area (Å²) in [5, 5.41) is 5.98. The molecule has 3 nitrogen and oxygen atoms in total. The number of amides is 1. The first-order chi connectivity index (χ1) is 4.62. The van der Waals surface area contributed by atoms with Crippen LogP contribution in [0, 0.1) is 5.41 Å². The van der Waals surface area contributed by atoms with Crippen LogP contribution in [0.25, 0.3) is 0 Å². The van der Waals surface area contributed by atoms with E-state index in [1.807, 2.05) is 0 Å². The van der Waals surface area contributed by atoms with E-state index in [2.05, 4.69) is 17.6 Å². The van der Waals surface area contributed by atoms with E-state index in [-0.39, 0.29) is 5.91 Å². The maximum Gasteiger partial charge on any atom is 0.216 e. The Bertz CT molecular complexity index is 141. The molecule has 0 spiro atoms. The summed E-state index contributed by atoms with van der Waals surface area (Å²) < 4.78 is 0. The van der Waals surface area contributed by atoms with Crippen molar-refractivity contribution in [1.29, 1.82) is 0 Å². The Hall–Kier alpha value is -0.570. The molecular formula is C7H14N2O. The molecule has 0 aliphatic carbocycles. The maximum absolute atomic E-state index is 10.5. The molecule has 1 aliphatic rings. The number of rotatable bonds is 2. The predicted octanol–water partition coefficient (Wildman–Crippen LogP) is -0.268. The fraction of sp³-hybridized carbons (Fsp3) is 0.857. The van der Waals surface area contributed by atoms with Gasteiger partial charge in [0.15, 0.2) is 0 Å². The Kier molecular flexibility index (Phi) is 1.94. The van der Waals surface area contributed by atoms with Gasteiger partial charge in [0.05, 0.1) is 0 Å². The van der Waals surface area contributed by atoms with Crippen LogP contribution >= 0.6 is 0 Å². The topological polar surface area (TPSA) is 41.1 Å². The summed E-state index contributed by atoms with van der Waals surface area (Å²) in [6.45, 7) is 6.56. The minimum absolute atomic E-state index is 0.0631. The Balaban J connectivity index is 2.18. The van der Waals surface area contributed by atoms with E-state index in [1.54, 1.807) is 6.92 Å². The molecule has 0 atom stereocenters.